The lowest BCUT2D eigenvalue weighted by Gasteiger charge is -2.26. The highest BCUT2D eigenvalue weighted by Gasteiger charge is 2.16. The predicted molar refractivity (Wildman–Crippen MR) is 112 cm³/mol. The van der Waals surface area contributed by atoms with E-state index in [1.165, 1.54) is 0 Å². The summed E-state index contributed by atoms with van der Waals surface area (Å²) in [7, 11) is 0. The molecule has 3 aromatic rings. The summed E-state index contributed by atoms with van der Waals surface area (Å²) in [5.41, 5.74) is 2.92. The van der Waals surface area contributed by atoms with Crippen molar-refractivity contribution in [2.45, 2.75) is 13.1 Å². The highest BCUT2D eigenvalue weighted by molar-refractivity contribution is 9.10. The molecule has 0 unspecified atom stereocenters. The van der Waals surface area contributed by atoms with Crippen molar-refractivity contribution in [1.82, 2.24) is 14.0 Å². The van der Waals surface area contributed by atoms with Gasteiger partial charge in [-0.25, -0.2) is 0 Å². The fourth-order valence-electron chi connectivity index (χ4n) is 3.62. The first-order valence-electron chi connectivity index (χ1n) is 9.45. The third-order valence-electron chi connectivity index (χ3n) is 5.19. The van der Waals surface area contributed by atoms with Gasteiger partial charge in [0.1, 0.15) is 0 Å². The molecule has 0 radical (unpaired) electrons. The number of halogens is 1. The van der Waals surface area contributed by atoms with Gasteiger partial charge in [-0.05, 0) is 24.3 Å². The smallest absolute Gasteiger partial charge is 0.203 e. The van der Waals surface area contributed by atoms with Gasteiger partial charge in [-0.1, -0.05) is 40.2 Å². The van der Waals surface area contributed by atoms with Gasteiger partial charge in [0.25, 0.3) is 0 Å². The van der Waals surface area contributed by atoms with Crippen LogP contribution in [0.4, 0.5) is 0 Å². The van der Waals surface area contributed by atoms with Gasteiger partial charge in [0.15, 0.2) is 5.78 Å². The van der Waals surface area contributed by atoms with E-state index in [1.807, 2.05) is 53.1 Å². The van der Waals surface area contributed by atoms with Crippen LogP contribution in [0.2, 0.25) is 0 Å². The fraction of sp³-hybridized carbons (Fsp3) is 0.333. The SMILES string of the molecule is N=c1n(CCN2CCOCC2)c2ccccc2n1CC(=O)c1ccc(Br)cc1. The van der Waals surface area contributed by atoms with Crippen molar-refractivity contribution in [3.05, 3.63) is 64.2 Å². The average Bonchev–Trinajstić information content (AvgIpc) is 2.99. The molecule has 28 heavy (non-hydrogen) atoms. The number of Topliss-reactive ketones (excluding diaryl/α,β-unsaturated/α-hetero) is 1. The van der Waals surface area contributed by atoms with E-state index < -0.39 is 0 Å². The maximum atomic E-state index is 12.8. The Morgan fingerprint density at radius 1 is 0.964 bits per heavy atom. The number of benzene rings is 2. The maximum Gasteiger partial charge on any atom is 0.203 e. The molecule has 0 spiro atoms. The normalized spacial score (nSPS) is 15.2. The molecule has 1 saturated heterocycles. The number of rotatable bonds is 6. The number of hydrogen-bond donors (Lipinski definition) is 1. The lowest BCUT2D eigenvalue weighted by molar-refractivity contribution is 0.0363. The molecule has 4 rings (SSSR count). The van der Waals surface area contributed by atoms with Crippen molar-refractivity contribution >= 4 is 32.7 Å². The van der Waals surface area contributed by atoms with E-state index in [1.54, 1.807) is 4.57 Å². The molecule has 6 nitrogen and oxygen atoms in total. The van der Waals surface area contributed by atoms with Crippen LogP contribution >= 0.6 is 15.9 Å². The number of imidazole rings is 1. The molecule has 0 bridgehead atoms. The fourth-order valence-corrected chi connectivity index (χ4v) is 3.88. The minimum Gasteiger partial charge on any atom is -0.379 e. The quantitative estimate of drug-likeness (QED) is 0.596. The van der Waals surface area contributed by atoms with E-state index >= 15 is 0 Å². The Balaban J connectivity index is 1.61. The summed E-state index contributed by atoms with van der Waals surface area (Å²) >= 11 is 3.40. The number of hydrogen-bond acceptors (Lipinski definition) is 4. The van der Waals surface area contributed by atoms with Crippen molar-refractivity contribution in [1.29, 1.82) is 5.41 Å². The number of morpholine rings is 1. The monoisotopic (exact) mass is 442 g/mol. The summed E-state index contributed by atoms with van der Waals surface area (Å²) in [6.07, 6.45) is 0. The molecule has 1 aromatic heterocycles. The molecule has 1 aliphatic rings. The van der Waals surface area contributed by atoms with E-state index in [9.17, 15) is 4.79 Å². The summed E-state index contributed by atoms with van der Waals surface area (Å²) in [4.78, 5) is 15.1. The Hall–Kier alpha value is -2.22. The summed E-state index contributed by atoms with van der Waals surface area (Å²) in [5.74, 6) is 0.00193. The van der Waals surface area contributed by atoms with E-state index in [2.05, 4.69) is 20.8 Å². The number of para-hydroxylation sites is 2. The van der Waals surface area contributed by atoms with Crippen molar-refractivity contribution in [2.24, 2.45) is 0 Å². The van der Waals surface area contributed by atoms with E-state index in [4.69, 9.17) is 10.1 Å². The molecule has 146 valence electrons. The molecule has 0 aliphatic carbocycles. The Morgan fingerprint density at radius 3 is 2.29 bits per heavy atom. The predicted octanol–water partition coefficient (Wildman–Crippen LogP) is 2.90. The zero-order valence-corrected chi connectivity index (χ0v) is 17.2. The first kappa shape index (κ1) is 19.1. The summed E-state index contributed by atoms with van der Waals surface area (Å²) < 4.78 is 10.2. The topological polar surface area (TPSA) is 63.2 Å². The first-order valence-corrected chi connectivity index (χ1v) is 10.2. The number of ether oxygens (including phenoxy) is 1. The molecule has 7 heteroatoms. The van der Waals surface area contributed by atoms with Crippen LogP contribution in [-0.4, -0.2) is 52.7 Å². The summed E-state index contributed by atoms with van der Waals surface area (Å²) in [5, 5.41) is 8.71. The molecule has 1 N–H and O–H groups in total. The Bertz CT molecular complexity index is 1030. The lowest BCUT2D eigenvalue weighted by atomic mass is 10.1. The van der Waals surface area contributed by atoms with Gasteiger partial charge in [0, 0.05) is 36.2 Å². The third kappa shape index (κ3) is 3.97. The average molecular weight is 443 g/mol. The molecule has 1 aliphatic heterocycles. The van der Waals surface area contributed by atoms with Crippen LogP contribution in [0.25, 0.3) is 11.0 Å². The van der Waals surface area contributed by atoms with Crippen LogP contribution in [0, 0.1) is 5.41 Å². The van der Waals surface area contributed by atoms with Gasteiger partial charge >= 0.3 is 0 Å². The van der Waals surface area contributed by atoms with E-state index in [0.717, 1.165) is 54.9 Å². The molecule has 2 aromatic carbocycles. The third-order valence-corrected chi connectivity index (χ3v) is 5.71. The van der Waals surface area contributed by atoms with Crippen LogP contribution in [0.5, 0.6) is 0 Å². The van der Waals surface area contributed by atoms with Gasteiger partial charge in [-0.15, -0.1) is 0 Å². The van der Waals surface area contributed by atoms with Crippen LogP contribution < -0.4 is 5.62 Å². The van der Waals surface area contributed by atoms with Crippen LogP contribution in [0.1, 0.15) is 10.4 Å². The summed E-state index contributed by atoms with van der Waals surface area (Å²) in [6, 6.07) is 15.3. The number of ketones is 1. The summed E-state index contributed by atoms with van der Waals surface area (Å²) in [6.45, 7) is 5.13. The van der Waals surface area contributed by atoms with Gasteiger partial charge < -0.3 is 13.9 Å². The van der Waals surface area contributed by atoms with Gasteiger partial charge in [0.2, 0.25) is 5.62 Å². The number of aromatic nitrogens is 2. The van der Waals surface area contributed by atoms with Gasteiger partial charge in [0.05, 0.1) is 30.8 Å². The molecule has 2 heterocycles. The van der Waals surface area contributed by atoms with Crippen molar-refractivity contribution < 1.29 is 9.53 Å². The Kier molecular flexibility index (Phi) is 5.75. The van der Waals surface area contributed by atoms with Crippen molar-refractivity contribution in [3.63, 3.8) is 0 Å². The zero-order valence-electron chi connectivity index (χ0n) is 15.6. The molecular weight excluding hydrogens is 420 g/mol. The van der Waals surface area contributed by atoms with Crippen molar-refractivity contribution in [3.8, 4) is 0 Å². The largest absolute Gasteiger partial charge is 0.379 e. The molecular formula is C21H23BrN4O2. The van der Waals surface area contributed by atoms with Crippen molar-refractivity contribution in [2.75, 3.05) is 32.8 Å². The maximum absolute atomic E-state index is 12.8. The van der Waals surface area contributed by atoms with Crippen LogP contribution in [-0.2, 0) is 17.8 Å². The second kappa shape index (κ2) is 8.43. The Labute approximate surface area is 172 Å². The van der Waals surface area contributed by atoms with Crippen LogP contribution in [0.3, 0.4) is 0 Å². The second-order valence-electron chi connectivity index (χ2n) is 6.93. The molecule has 1 fully saturated rings. The Morgan fingerprint density at radius 2 is 1.61 bits per heavy atom. The molecule has 0 atom stereocenters. The number of carbonyl (C=O) groups is 1. The highest BCUT2D eigenvalue weighted by atomic mass is 79.9. The minimum absolute atomic E-state index is 0.00193. The second-order valence-corrected chi connectivity index (χ2v) is 7.85. The van der Waals surface area contributed by atoms with E-state index in [-0.39, 0.29) is 12.3 Å². The van der Waals surface area contributed by atoms with Gasteiger partial charge in [-0.2, -0.15) is 0 Å². The van der Waals surface area contributed by atoms with E-state index in [0.29, 0.717) is 11.2 Å². The number of nitrogens with one attached hydrogen (secondary N) is 1. The number of nitrogens with zero attached hydrogens (tertiary/aromatic N) is 3. The minimum atomic E-state index is 0.00193. The standard InChI is InChI=1S/C21H23BrN4O2/c22-17-7-5-16(6-8-17)20(27)15-26-19-4-2-1-3-18(19)25(21(26)23)10-9-24-11-13-28-14-12-24/h1-8,23H,9-15H2. The lowest BCUT2D eigenvalue weighted by Crippen LogP contribution is -2.39. The number of fused-ring (bicyclic) bond motifs is 1. The highest BCUT2D eigenvalue weighted by Crippen LogP contribution is 2.15. The van der Waals surface area contributed by atoms with Gasteiger partial charge in [-0.3, -0.25) is 15.1 Å². The zero-order chi connectivity index (χ0) is 19.5. The first-order chi connectivity index (χ1) is 13.6. The molecule has 0 saturated carbocycles. The number of carbonyl (C=O) groups excluding carboxylic acids is 1. The van der Waals surface area contributed by atoms with Crippen LogP contribution in [0.15, 0.2) is 53.0 Å². The molecule has 0 amide bonds.